The molecular formula is C22H33ClN9O9P. The van der Waals surface area contributed by atoms with Crippen LogP contribution in [-0.4, -0.2) is 117 Å². The van der Waals surface area contributed by atoms with Crippen LogP contribution in [0.15, 0.2) is 6.20 Å². The van der Waals surface area contributed by atoms with Crippen LogP contribution >= 0.6 is 19.2 Å². The van der Waals surface area contributed by atoms with Crippen molar-refractivity contribution in [3.8, 4) is 0 Å². The first kappa shape index (κ1) is 31.1. The highest BCUT2D eigenvalue weighted by Crippen LogP contribution is 2.52. The number of hydrogen-bond donors (Lipinski definition) is 6. The molecule has 0 bridgehead atoms. The lowest BCUT2D eigenvalue weighted by molar-refractivity contribution is -0.135. The van der Waals surface area contributed by atoms with Gasteiger partial charge in [-0.2, -0.15) is 20.3 Å². The zero-order valence-corrected chi connectivity index (χ0v) is 24.4. The van der Waals surface area contributed by atoms with Crippen molar-refractivity contribution in [2.24, 2.45) is 5.92 Å². The Morgan fingerprint density at radius 3 is 2.74 bits per heavy atom. The first-order chi connectivity index (χ1) is 20.0. The summed E-state index contributed by atoms with van der Waals surface area (Å²) in [6.07, 6.45) is -0.880. The van der Waals surface area contributed by atoms with Gasteiger partial charge in [0.05, 0.1) is 31.4 Å². The number of H-pyrrole nitrogens is 1. The molecule has 20 heteroatoms. The SMILES string of the molecule is COC[C@@](COCc1nn[nH]n1)(OC[C@H]1O[C@@H](n2ncc3c(NC4CCC(C)C4)nc(Cl)nc32)[C@H](O)[C@@H]1O)P(=O)(O)O. The first-order valence-electron chi connectivity index (χ1n) is 13.2. The molecule has 1 aliphatic heterocycles. The number of aromatic amines is 1. The molecule has 232 valence electrons. The lowest BCUT2D eigenvalue weighted by Crippen LogP contribution is -2.45. The van der Waals surface area contributed by atoms with Crippen LogP contribution in [0.5, 0.6) is 0 Å². The van der Waals surface area contributed by atoms with Gasteiger partial charge in [-0.15, -0.1) is 10.2 Å². The molecule has 0 radical (unpaired) electrons. The predicted octanol–water partition coefficient (Wildman–Crippen LogP) is -0.0337. The second-order valence-corrected chi connectivity index (χ2v) is 12.8. The smallest absolute Gasteiger partial charge is 0.361 e. The number of methoxy groups -OCH3 is 1. The van der Waals surface area contributed by atoms with E-state index >= 15 is 0 Å². The lowest BCUT2D eigenvalue weighted by atomic mass is 10.1. The fourth-order valence-electron chi connectivity index (χ4n) is 5.18. The van der Waals surface area contributed by atoms with Crippen molar-refractivity contribution in [3.05, 3.63) is 17.3 Å². The molecule has 0 amide bonds. The first-order valence-corrected chi connectivity index (χ1v) is 15.2. The van der Waals surface area contributed by atoms with Gasteiger partial charge in [0, 0.05) is 13.2 Å². The molecule has 6 N–H and O–H groups in total. The fraction of sp³-hybridized carbons (Fsp3) is 0.727. The van der Waals surface area contributed by atoms with E-state index in [-0.39, 0.29) is 29.4 Å². The van der Waals surface area contributed by atoms with E-state index in [9.17, 15) is 24.6 Å². The van der Waals surface area contributed by atoms with Gasteiger partial charge in [0.15, 0.2) is 17.7 Å². The summed E-state index contributed by atoms with van der Waals surface area (Å²) in [4.78, 5) is 28.9. The molecule has 4 heterocycles. The molecule has 2 aliphatic rings. The molecule has 5 rings (SSSR count). The van der Waals surface area contributed by atoms with Gasteiger partial charge in [-0.25, -0.2) is 4.68 Å². The quantitative estimate of drug-likeness (QED) is 0.107. The van der Waals surface area contributed by atoms with E-state index < -0.39 is 57.3 Å². The Morgan fingerprint density at radius 1 is 1.26 bits per heavy atom. The second kappa shape index (κ2) is 12.7. The molecule has 2 unspecified atom stereocenters. The number of fused-ring (bicyclic) bond motifs is 1. The van der Waals surface area contributed by atoms with Gasteiger partial charge in [0.25, 0.3) is 0 Å². The number of ether oxygens (including phenoxy) is 4. The summed E-state index contributed by atoms with van der Waals surface area (Å²) in [5, 5.41) is 40.7. The Balaban J connectivity index is 1.32. The van der Waals surface area contributed by atoms with Crippen molar-refractivity contribution in [1.29, 1.82) is 0 Å². The van der Waals surface area contributed by atoms with Crippen LogP contribution < -0.4 is 5.32 Å². The molecule has 1 saturated heterocycles. The van der Waals surface area contributed by atoms with Gasteiger partial charge in [-0.1, -0.05) is 12.1 Å². The van der Waals surface area contributed by atoms with Crippen LogP contribution in [0.25, 0.3) is 11.0 Å². The number of nitrogens with one attached hydrogen (secondary N) is 2. The topological polar surface area (TPSA) is 245 Å². The molecule has 42 heavy (non-hydrogen) atoms. The number of nitrogens with zero attached hydrogens (tertiary/aromatic N) is 7. The molecular weight excluding hydrogens is 601 g/mol. The summed E-state index contributed by atoms with van der Waals surface area (Å²) < 4.78 is 35.8. The molecule has 0 spiro atoms. The number of tetrazole rings is 1. The van der Waals surface area contributed by atoms with E-state index in [1.807, 2.05) is 0 Å². The Hall–Kier alpha value is -2.38. The van der Waals surface area contributed by atoms with E-state index in [0.29, 0.717) is 17.1 Å². The average Bonchev–Trinajstić information content (AvgIpc) is 3.72. The maximum absolute atomic E-state index is 12.5. The Bertz CT molecular complexity index is 1400. The number of aliphatic hydroxyl groups excluding tert-OH is 2. The molecule has 0 aromatic carbocycles. The summed E-state index contributed by atoms with van der Waals surface area (Å²) in [6.45, 7) is 0.240. The maximum atomic E-state index is 12.5. The molecule has 18 nitrogen and oxygen atoms in total. The number of rotatable bonds is 13. The number of halogens is 1. The highest BCUT2D eigenvalue weighted by atomic mass is 35.5. The summed E-state index contributed by atoms with van der Waals surface area (Å²) in [5.41, 5.74) is 0.264. The van der Waals surface area contributed by atoms with E-state index in [2.05, 4.69) is 47.9 Å². The van der Waals surface area contributed by atoms with Gasteiger partial charge in [-0.05, 0) is 36.8 Å². The highest BCUT2D eigenvalue weighted by molar-refractivity contribution is 7.53. The third kappa shape index (κ3) is 6.42. The van der Waals surface area contributed by atoms with Gasteiger partial charge >= 0.3 is 7.60 Å². The highest BCUT2D eigenvalue weighted by Gasteiger charge is 2.52. The summed E-state index contributed by atoms with van der Waals surface area (Å²) in [7, 11) is -3.80. The van der Waals surface area contributed by atoms with Crippen molar-refractivity contribution < 1.29 is 43.5 Å². The lowest BCUT2D eigenvalue weighted by Gasteiger charge is -2.34. The monoisotopic (exact) mass is 633 g/mol. The van der Waals surface area contributed by atoms with E-state index in [1.54, 1.807) is 0 Å². The minimum absolute atomic E-state index is 0.0440. The second-order valence-electron chi connectivity index (χ2n) is 10.5. The van der Waals surface area contributed by atoms with E-state index in [0.717, 1.165) is 19.3 Å². The minimum atomic E-state index is -5.04. The fourth-order valence-corrected chi connectivity index (χ4v) is 6.15. The molecule has 1 aliphatic carbocycles. The average molecular weight is 634 g/mol. The predicted molar refractivity (Wildman–Crippen MR) is 143 cm³/mol. The standard InChI is InChI=1S/C22H33ClN9O9P/c1-11-3-4-12(5-11)25-18-13-6-24-32(19(13)27-21(23)26-18)20-17(34)16(33)14(41-20)7-40-22(9-38-2,42(35,36)37)10-39-8-15-28-30-31-29-15/h6,11-12,14,16-17,20,33-34H,3-5,7-10H2,1-2H3,(H,25,26,27)(H2,35,36,37)(H,28,29,30,31)/t11?,12?,14-,16-,17-,20-,22-/m1/s1. The van der Waals surface area contributed by atoms with Crippen LogP contribution in [0.4, 0.5) is 5.82 Å². The third-order valence-corrected chi connectivity index (χ3v) is 9.02. The largest absolute Gasteiger partial charge is 0.387 e. The molecule has 2 fully saturated rings. The summed E-state index contributed by atoms with van der Waals surface area (Å²) in [5.74, 6) is 1.24. The molecule has 7 atom stereocenters. The Kier molecular flexibility index (Phi) is 9.39. The van der Waals surface area contributed by atoms with Crippen molar-refractivity contribution >= 4 is 36.0 Å². The third-order valence-electron chi connectivity index (χ3n) is 7.41. The van der Waals surface area contributed by atoms with Gasteiger partial charge in [0.2, 0.25) is 10.6 Å². The normalized spacial score (nSPS) is 28.0. The van der Waals surface area contributed by atoms with Crippen molar-refractivity contribution in [2.45, 2.75) is 68.7 Å². The van der Waals surface area contributed by atoms with E-state index in [4.69, 9.17) is 30.5 Å². The van der Waals surface area contributed by atoms with Gasteiger partial charge in [0.1, 0.15) is 30.7 Å². The molecule has 3 aromatic heterocycles. The Labute approximate surface area is 244 Å². The van der Waals surface area contributed by atoms with Crippen molar-refractivity contribution in [1.82, 2.24) is 40.4 Å². The van der Waals surface area contributed by atoms with Crippen LogP contribution in [0.2, 0.25) is 5.28 Å². The maximum Gasteiger partial charge on any atom is 0.361 e. The van der Waals surface area contributed by atoms with Gasteiger partial charge in [-0.3, -0.25) is 4.57 Å². The molecule has 1 saturated carbocycles. The van der Waals surface area contributed by atoms with Crippen LogP contribution in [-0.2, 0) is 30.1 Å². The number of hydrogen-bond acceptors (Lipinski definition) is 14. The Morgan fingerprint density at radius 2 is 2.07 bits per heavy atom. The van der Waals surface area contributed by atoms with Crippen molar-refractivity contribution in [2.75, 3.05) is 32.2 Å². The number of aromatic nitrogens is 8. The zero-order chi connectivity index (χ0) is 30.1. The van der Waals surface area contributed by atoms with E-state index in [1.165, 1.54) is 18.0 Å². The van der Waals surface area contributed by atoms with Crippen LogP contribution in [0.1, 0.15) is 38.2 Å². The van der Waals surface area contributed by atoms with Crippen LogP contribution in [0.3, 0.4) is 0 Å². The number of anilines is 1. The number of aliphatic hydroxyl groups is 2. The van der Waals surface area contributed by atoms with Crippen LogP contribution in [0, 0.1) is 5.92 Å². The zero-order valence-electron chi connectivity index (χ0n) is 22.8. The molecule has 3 aromatic rings. The summed E-state index contributed by atoms with van der Waals surface area (Å²) >= 11 is 6.23. The van der Waals surface area contributed by atoms with Gasteiger partial charge < -0.3 is 44.3 Å². The summed E-state index contributed by atoms with van der Waals surface area (Å²) in [6, 6.07) is 0.215. The van der Waals surface area contributed by atoms with Crippen molar-refractivity contribution in [3.63, 3.8) is 0 Å². The minimum Gasteiger partial charge on any atom is -0.387 e.